The number of ether oxygens (including phenoxy) is 1. The third-order valence-corrected chi connectivity index (χ3v) is 4.90. The molecule has 0 aliphatic rings. The smallest absolute Gasteiger partial charge is 0.346 e. The van der Waals surface area contributed by atoms with Gasteiger partial charge in [0, 0.05) is 18.6 Å². The summed E-state index contributed by atoms with van der Waals surface area (Å²) in [4.78, 5) is 25.6. The third-order valence-electron chi connectivity index (χ3n) is 3.80. The van der Waals surface area contributed by atoms with Gasteiger partial charge in [-0.2, -0.15) is 0 Å². The standard InChI is InChI=1S/C17H17ClN4O3S/c1-21-15(14-4-3-9-26-14)20-22(17(21)24)8-7-19-16(23)12-10-11(18)5-6-13(12)25-2/h3-6,9-10H,7-8H2,1-2H3,(H,19,23). The van der Waals surface area contributed by atoms with Gasteiger partial charge in [0.05, 0.1) is 24.1 Å². The van der Waals surface area contributed by atoms with Gasteiger partial charge in [0.25, 0.3) is 5.91 Å². The number of hydrogen-bond acceptors (Lipinski definition) is 5. The zero-order chi connectivity index (χ0) is 18.7. The normalized spacial score (nSPS) is 10.7. The van der Waals surface area contributed by atoms with Crippen LogP contribution in [0.25, 0.3) is 10.7 Å². The molecule has 3 rings (SSSR count). The number of aromatic nitrogens is 3. The fourth-order valence-electron chi connectivity index (χ4n) is 2.48. The molecule has 0 radical (unpaired) electrons. The van der Waals surface area contributed by atoms with Gasteiger partial charge < -0.3 is 10.1 Å². The first-order valence-electron chi connectivity index (χ1n) is 7.80. The maximum absolute atomic E-state index is 12.3. The number of methoxy groups -OCH3 is 1. The van der Waals surface area contributed by atoms with Gasteiger partial charge in [-0.15, -0.1) is 16.4 Å². The van der Waals surface area contributed by atoms with E-state index in [1.165, 1.54) is 33.8 Å². The number of carbonyl (C=O) groups is 1. The van der Waals surface area contributed by atoms with Gasteiger partial charge in [-0.1, -0.05) is 17.7 Å². The van der Waals surface area contributed by atoms with E-state index < -0.39 is 0 Å². The maximum atomic E-state index is 12.3. The Kier molecular flexibility index (Phi) is 5.43. The summed E-state index contributed by atoms with van der Waals surface area (Å²) in [5, 5.41) is 9.48. The number of benzene rings is 1. The van der Waals surface area contributed by atoms with E-state index in [0.717, 1.165) is 4.88 Å². The van der Waals surface area contributed by atoms with Crippen LogP contribution in [0.4, 0.5) is 0 Å². The summed E-state index contributed by atoms with van der Waals surface area (Å²) in [5.74, 6) is 0.710. The first-order valence-corrected chi connectivity index (χ1v) is 9.06. The first kappa shape index (κ1) is 18.2. The van der Waals surface area contributed by atoms with Crippen molar-refractivity contribution in [3.8, 4) is 16.5 Å². The molecule has 0 aliphatic heterocycles. The molecular weight excluding hydrogens is 376 g/mol. The molecule has 1 aromatic carbocycles. The van der Waals surface area contributed by atoms with Crippen LogP contribution in [0.3, 0.4) is 0 Å². The molecule has 26 heavy (non-hydrogen) atoms. The lowest BCUT2D eigenvalue weighted by Crippen LogP contribution is -2.32. The number of amides is 1. The van der Waals surface area contributed by atoms with Crippen LogP contribution in [-0.2, 0) is 13.6 Å². The molecule has 9 heteroatoms. The number of rotatable bonds is 6. The van der Waals surface area contributed by atoms with Gasteiger partial charge in [0.2, 0.25) is 0 Å². The minimum absolute atomic E-state index is 0.233. The molecule has 0 bridgehead atoms. The quantitative estimate of drug-likeness (QED) is 0.698. The average molecular weight is 393 g/mol. The SMILES string of the molecule is COc1ccc(Cl)cc1C(=O)NCCn1nc(-c2cccs2)n(C)c1=O. The molecule has 1 amide bonds. The highest BCUT2D eigenvalue weighted by molar-refractivity contribution is 7.13. The van der Waals surface area contributed by atoms with E-state index in [9.17, 15) is 9.59 Å². The predicted molar refractivity (Wildman–Crippen MR) is 101 cm³/mol. The van der Waals surface area contributed by atoms with Crippen molar-refractivity contribution >= 4 is 28.8 Å². The molecule has 3 aromatic rings. The molecule has 0 atom stereocenters. The third kappa shape index (κ3) is 3.66. The van der Waals surface area contributed by atoms with Crippen molar-refractivity contribution in [3.05, 3.63) is 56.8 Å². The van der Waals surface area contributed by atoms with E-state index >= 15 is 0 Å². The summed E-state index contributed by atoms with van der Waals surface area (Å²) in [6.45, 7) is 0.502. The van der Waals surface area contributed by atoms with Crippen molar-refractivity contribution in [2.24, 2.45) is 7.05 Å². The molecule has 2 aromatic heterocycles. The lowest BCUT2D eigenvalue weighted by molar-refractivity contribution is 0.0948. The Bertz CT molecular complexity index is 979. The van der Waals surface area contributed by atoms with Crippen LogP contribution < -0.4 is 15.7 Å². The second-order valence-electron chi connectivity index (χ2n) is 5.47. The average Bonchev–Trinajstić information content (AvgIpc) is 3.25. The molecule has 136 valence electrons. The Hall–Kier alpha value is -2.58. The number of hydrogen-bond donors (Lipinski definition) is 1. The number of nitrogens with zero attached hydrogens (tertiary/aromatic N) is 3. The Balaban J connectivity index is 1.69. The van der Waals surface area contributed by atoms with E-state index in [-0.39, 0.29) is 24.7 Å². The van der Waals surface area contributed by atoms with Crippen LogP contribution in [0.15, 0.2) is 40.5 Å². The van der Waals surface area contributed by atoms with Crippen molar-refractivity contribution in [2.45, 2.75) is 6.54 Å². The van der Waals surface area contributed by atoms with Crippen LogP contribution >= 0.6 is 22.9 Å². The van der Waals surface area contributed by atoms with E-state index in [0.29, 0.717) is 22.2 Å². The summed E-state index contributed by atoms with van der Waals surface area (Å²) >= 11 is 7.46. The molecule has 0 spiro atoms. The Morgan fingerprint density at radius 1 is 1.38 bits per heavy atom. The van der Waals surface area contributed by atoms with Crippen LogP contribution in [0.1, 0.15) is 10.4 Å². The highest BCUT2D eigenvalue weighted by Crippen LogP contribution is 2.22. The summed E-state index contributed by atoms with van der Waals surface area (Å²) < 4.78 is 8.01. The Labute approximate surface area is 158 Å². The second kappa shape index (κ2) is 7.76. The maximum Gasteiger partial charge on any atom is 0.346 e. The lowest BCUT2D eigenvalue weighted by Gasteiger charge is -2.09. The molecule has 0 fully saturated rings. The molecule has 7 nitrogen and oxygen atoms in total. The molecular formula is C17H17ClN4O3S. The number of nitrogens with one attached hydrogen (secondary N) is 1. The van der Waals surface area contributed by atoms with Gasteiger partial charge in [0.1, 0.15) is 5.75 Å². The zero-order valence-corrected chi connectivity index (χ0v) is 15.8. The second-order valence-corrected chi connectivity index (χ2v) is 6.85. The molecule has 0 saturated heterocycles. The fourth-order valence-corrected chi connectivity index (χ4v) is 3.40. The van der Waals surface area contributed by atoms with Crippen LogP contribution in [0.2, 0.25) is 5.02 Å². The van der Waals surface area contributed by atoms with Gasteiger partial charge >= 0.3 is 5.69 Å². The van der Waals surface area contributed by atoms with Gasteiger partial charge in [0.15, 0.2) is 5.82 Å². The summed E-state index contributed by atoms with van der Waals surface area (Å²) in [6, 6.07) is 8.63. The Morgan fingerprint density at radius 3 is 2.88 bits per heavy atom. The Morgan fingerprint density at radius 2 is 2.19 bits per heavy atom. The monoisotopic (exact) mass is 392 g/mol. The minimum atomic E-state index is -0.327. The number of thiophene rings is 1. The minimum Gasteiger partial charge on any atom is -0.496 e. The first-order chi connectivity index (χ1) is 12.5. The van der Waals surface area contributed by atoms with Crippen molar-refractivity contribution in [1.82, 2.24) is 19.7 Å². The van der Waals surface area contributed by atoms with Crippen LogP contribution in [0.5, 0.6) is 5.75 Å². The van der Waals surface area contributed by atoms with Gasteiger partial charge in [-0.25, -0.2) is 9.48 Å². The molecule has 0 aliphatic carbocycles. The van der Waals surface area contributed by atoms with Crippen LogP contribution in [-0.4, -0.2) is 33.9 Å². The highest BCUT2D eigenvalue weighted by atomic mass is 35.5. The van der Waals surface area contributed by atoms with E-state index in [1.807, 2.05) is 17.5 Å². The van der Waals surface area contributed by atoms with Crippen molar-refractivity contribution in [2.75, 3.05) is 13.7 Å². The molecule has 1 N–H and O–H groups in total. The highest BCUT2D eigenvalue weighted by Gasteiger charge is 2.15. The van der Waals surface area contributed by atoms with Gasteiger partial charge in [-0.05, 0) is 29.6 Å². The van der Waals surface area contributed by atoms with E-state index in [1.54, 1.807) is 19.2 Å². The molecule has 0 unspecified atom stereocenters. The number of halogens is 1. The van der Waals surface area contributed by atoms with E-state index in [2.05, 4.69) is 10.4 Å². The predicted octanol–water partition coefficient (Wildman–Crippen LogP) is 2.40. The van der Waals surface area contributed by atoms with Crippen molar-refractivity contribution < 1.29 is 9.53 Å². The lowest BCUT2D eigenvalue weighted by atomic mass is 10.2. The molecule has 0 saturated carbocycles. The summed E-state index contributed by atoms with van der Waals surface area (Å²) in [5.41, 5.74) is 0.107. The fraction of sp³-hybridized carbons (Fsp3) is 0.235. The molecule has 2 heterocycles. The zero-order valence-electron chi connectivity index (χ0n) is 14.2. The number of carbonyl (C=O) groups excluding carboxylic acids is 1. The van der Waals surface area contributed by atoms with E-state index in [4.69, 9.17) is 16.3 Å². The summed E-state index contributed by atoms with van der Waals surface area (Å²) in [6.07, 6.45) is 0. The van der Waals surface area contributed by atoms with Crippen LogP contribution in [0, 0.1) is 0 Å². The topological polar surface area (TPSA) is 78.2 Å². The summed E-state index contributed by atoms with van der Waals surface area (Å²) in [7, 11) is 3.16. The van der Waals surface area contributed by atoms with Crippen molar-refractivity contribution in [1.29, 1.82) is 0 Å². The van der Waals surface area contributed by atoms with Gasteiger partial charge in [-0.3, -0.25) is 9.36 Å². The van der Waals surface area contributed by atoms with Crippen molar-refractivity contribution in [3.63, 3.8) is 0 Å². The largest absolute Gasteiger partial charge is 0.496 e.